The van der Waals surface area contributed by atoms with Crippen LogP contribution in [0.5, 0.6) is 0 Å². The molecule has 1 amide bonds. The van der Waals surface area contributed by atoms with Crippen LogP contribution in [0.2, 0.25) is 5.02 Å². The van der Waals surface area contributed by atoms with E-state index in [-0.39, 0.29) is 28.9 Å². The second-order valence-corrected chi connectivity index (χ2v) is 19.3. The second kappa shape index (κ2) is 10.1. The highest BCUT2D eigenvalue weighted by Crippen LogP contribution is 2.77. The van der Waals surface area contributed by atoms with Gasteiger partial charge in [0.2, 0.25) is 0 Å². The first-order valence-corrected chi connectivity index (χ1v) is 19.2. The zero-order valence-electron chi connectivity index (χ0n) is 30.0. The molecule has 1 unspecified atom stereocenters. The molecule has 1 aliphatic heterocycles. The van der Waals surface area contributed by atoms with Gasteiger partial charge in [0.1, 0.15) is 11.6 Å². The molecule has 5 saturated carbocycles. The van der Waals surface area contributed by atoms with Crippen molar-refractivity contribution < 1.29 is 14.3 Å². The highest BCUT2D eigenvalue weighted by Gasteiger charge is 2.72. The molecule has 256 valence electrons. The Bertz CT molecular complexity index is 1550. The molecule has 9 atom stereocenters. The van der Waals surface area contributed by atoms with Crippen molar-refractivity contribution in [2.24, 2.45) is 56.7 Å². The summed E-state index contributed by atoms with van der Waals surface area (Å²) in [7, 11) is 0. The lowest BCUT2D eigenvalue weighted by Crippen LogP contribution is -2.65. The Morgan fingerprint density at radius 2 is 1.57 bits per heavy atom. The van der Waals surface area contributed by atoms with E-state index in [9.17, 15) is 9.59 Å². The lowest BCUT2D eigenvalue weighted by atomic mass is 9.32. The summed E-state index contributed by atoms with van der Waals surface area (Å²) in [6, 6.07) is 0. The molecule has 8 rings (SSSR count). The van der Waals surface area contributed by atoms with Crippen LogP contribution in [0.1, 0.15) is 132 Å². The first-order valence-electron chi connectivity index (χ1n) is 18.8. The Kier molecular flexibility index (Phi) is 6.91. The maximum Gasteiger partial charge on any atom is 0.411 e. The normalized spacial score (nSPS) is 44.9. The van der Waals surface area contributed by atoms with Crippen LogP contribution in [-0.4, -0.2) is 39.4 Å². The maximum atomic E-state index is 14.2. The van der Waals surface area contributed by atoms with E-state index < -0.39 is 11.0 Å². The van der Waals surface area contributed by atoms with E-state index in [1.165, 1.54) is 37.7 Å². The molecule has 6 fully saturated rings. The van der Waals surface area contributed by atoms with Gasteiger partial charge < -0.3 is 4.74 Å². The van der Waals surface area contributed by atoms with E-state index in [2.05, 4.69) is 65.4 Å². The van der Waals surface area contributed by atoms with Gasteiger partial charge in [-0.2, -0.15) is 0 Å². The van der Waals surface area contributed by atoms with Crippen LogP contribution >= 0.6 is 11.6 Å². The number of fused-ring (bicyclic) bond motifs is 7. The van der Waals surface area contributed by atoms with E-state index in [1.54, 1.807) is 12.4 Å². The van der Waals surface area contributed by atoms with Gasteiger partial charge in [-0.3, -0.25) is 9.69 Å². The van der Waals surface area contributed by atoms with Gasteiger partial charge in [0.25, 0.3) is 0 Å². The zero-order chi connectivity index (χ0) is 33.5. The number of halogens is 1. The van der Waals surface area contributed by atoms with Crippen molar-refractivity contribution in [2.75, 3.05) is 6.54 Å². The van der Waals surface area contributed by atoms with E-state index >= 15 is 0 Å². The zero-order valence-corrected chi connectivity index (χ0v) is 30.8. The number of Topliss-reactive ketones (excluding diaryl/α,β-unsaturated/α-hetero) is 1. The standard InChI is InChI=1S/C40H56ClN3O3/c1-23(2)31-27(45)19-39(30-22-44(34(46)47-30)40(17-18-40)33-42-20-25(41)21-43-33)16-15-37(7)26(32(31)39)9-10-29-36(6)13-11-24(3)35(4,5)28(36)12-14-38(29,37)8/h20-21,23-24,26,28-30H,9-19,22H2,1-8H3/t24-,26+,28-,29+,30?,36-,37+,38+,39-/m0/s1. The molecular formula is C40H56ClN3O3. The van der Waals surface area contributed by atoms with Crippen molar-refractivity contribution in [1.29, 1.82) is 0 Å². The molecule has 1 saturated heterocycles. The van der Waals surface area contributed by atoms with Gasteiger partial charge in [-0.05, 0) is 127 Å². The Balaban J connectivity index is 1.16. The number of hydrogen-bond donors (Lipinski definition) is 0. The fraction of sp³-hybridized carbons (Fsp3) is 0.800. The van der Waals surface area contributed by atoms with Crippen LogP contribution in [0, 0.1) is 56.7 Å². The average Bonchev–Trinajstić information content (AvgIpc) is 3.61. The molecule has 0 N–H and O–H groups in total. The number of carbonyl (C=O) groups excluding carboxylic acids is 2. The number of cyclic esters (lactones) is 1. The molecule has 0 bridgehead atoms. The lowest BCUT2D eigenvalue weighted by molar-refractivity contribution is -0.221. The quantitative estimate of drug-likeness (QED) is 0.321. The summed E-state index contributed by atoms with van der Waals surface area (Å²) in [5.41, 5.74) is 2.55. The molecule has 6 nitrogen and oxygen atoms in total. The topological polar surface area (TPSA) is 72.4 Å². The highest BCUT2D eigenvalue weighted by atomic mass is 35.5. The number of rotatable bonds is 4. The van der Waals surface area contributed by atoms with Gasteiger partial charge in [-0.25, -0.2) is 14.8 Å². The van der Waals surface area contributed by atoms with Crippen LogP contribution in [0.3, 0.4) is 0 Å². The van der Waals surface area contributed by atoms with E-state index in [0.29, 0.717) is 52.3 Å². The van der Waals surface area contributed by atoms with Crippen LogP contribution in [0.15, 0.2) is 23.5 Å². The molecule has 7 aliphatic rings. The Morgan fingerprint density at radius 3 is 2.23 bits per heavy atom. The van der Waals surface area contributed by atoms with Crippen LogP contribution in [-0.2, 0) is 15.1 Å². The summed E-state index contributed by atoms with van der Waals surface area (Å²) in [6.07, 6.45) is 14.4. The molecule has 2 heterocycles. The number of nitrogens with zero attached hydrogens (tertiary/aromatic N) is 3. The Labute approximate surface area is 287 Å². The van der Waals surface area contributed by atoms with Crippen molar-refractivity contribution in [2.45, 2.75) is 138 Å². The first-order chi connectivity index (χ1) is 22.0. The SMILES string of the molecule is CC(C)C1=C2[C@H]3CC[C@@H]4[C@@]5(C)CC[C@H](C)C(C)(C)[C@@H]5CC[C@@]4(C)[C@]3(C)CC[C@@]2(C2CN(C3(c4ncc(Cl)cn4)CC3)C(=O)O2)CC1=O. The van der Waals surface area contributed by atoms with Crippen molar-refractivity contribution in [3.05, 3.63) is 34.4 Å². The molecule has 0 radical (unpaired) electrons. The van der Waals surface area contributed by atoms with E-state index in [1.807, 2.05) is 4.90 Å². The third-order valence-corrected chi connectivity index (χ3v) is 16.9. The number of ether oxygens (including phenoxy) is 1. The lowest BCUT2D eigenvalue weighted by Gasteiger charge is -2.72. The number of hydrogen-bond acceptors (Lipinski definition) is 5. The number of carbonyl (C=O) groups is 2. The minimum atomic E-state index is -0.533. The first kappa shape index (κ1) is 32.3. The van der Waals surface area contributed by atoms with Gasteiger partial charge in [-0.15, -0.1) is 0 Å². The fourth-order valence-electron chi connectivity index (χ4n) is 13.6. The molecule has 1 aromatic rings. The summed E-state index contributed by atoms with van der Waals surface area (Å²) in [6.45, 7) is 20.5. The molecule has 6 aliphatic carbocycles. The number of allylic oxidation sites excluding steroid dienone is 1. The van der Waals surface area contributed by atoms with Gasteiger partial charge >= 0.3 is 6.09 Å². The summed E-state index contributed by atoms with van der Waals surface area (Å²) < 4.78 is 6.45. The molecule has 0 aromatic carbocycles. The molecule has 7 heteroatoms. The predicted octanol–water partition coefficient (Wildman–Crippen LogP) is 9.56. The smallest absolute Gasteiger partial charge is 0.411 e. The fourth-order valence-corrected chi connectivity index (χ4v) is 13.7. The van der Waals surface area contributed by atoms with Gasteiger partial charge in [0.05, 0.1) is 11.6 Å². The summed E-state index contributed by atoms with van der Waals surface area (Å²) in [5.74, 6) is 3.67. The Morgan fingerprint density at radius 1 is 0.872 bits per heavy atom. The van der Waals surface area contributed by atoms with Gasteiger partial charge in [0.15, 0.2) is 11.6 Å². The van der Waals surface area contributed by atoms with Crippen molar-refractivity contribution in [3.63, 3.8) is 0 Å². The molecular weight excluding hydrogens is 606 g/mol. The summed E-state index contributed by atoms with van der Waals surface area (Å²) >= 11 is 6.12. The molecule has 1 aromatic heterocycles. The third kappa shape index (κ3) is 4.03. The molecule has 0 spiro atoms. The molecule has 47 heavy (non-hydrogen) atoms. The van der Waals surface area contributed by atoms with Crippen molar-refractivity contribution in [1.82, 2.24) is 14.9 Å². The monoisotopic (exact) mass is 661 g/mol. The predicted molar refractivity (Wildman–Crippen MR) is 184 cm³/mol. The minimum absolute atomic E-state index is 0.109. The maximum absolute atomic E-state index is 14.2. The minimum Gasteiger partial charge on any atom is -0.443 e. The summed E-state index contributed by atoms with van der Waals surface area (Å²) in [5, 5.41) is 0.490. The summed E-state index contributed by atoms with van der Waals surface area (Å²) in [4.78, 5) is 39.0. The van der Waals surface area contributed by atoms with Crippen LogP contribution < -0.4 is 0 Å². The van der Waals surface area contributed by atoms with Crippen LogP contribution in [0.4, 0.5) is 4.79 Å². The number of aromatic nitrogens is 2. The van der Waals surface area contributed by atoms with E-state index in [0.717, 1.165) is 49.5 Å². The third-order valence-electron chi connectivity index (χ3n) is 16.7. The number of ketones is 1. The van der Waals surface area contributed by atoms with Crippen molar-refractivity contribution >= 4 is 23.5 Å². The highest BCUT2D eigenvalue weighted by molar-refractivity contribution is 6.30. The van der Waals surface area contributed by atoms with Gasteiger partial charge in [-0.1, -0.05) is 67.0 Å². The second-order valence-electron chi connectivity index (χ2n) is 18.9. The van der Waals surface area contributed by atoms with Gasteiger partial charge in [0, 0.05) is 24.2 Å². The Hall–Kier alpha value is -1.95. The largest absolute Gasteiger partial charge is 0.443 e. The average molecular weight is 662 g/mol. The van der Waals surface area contributed by atoms with E-state index in [4.69, 9.17) is 16.3 Å². The number of amides is 1. The van der Waals surface area contributed by atoms with Crippen molar-refractivity contribution in [3.8, 4) is 0 Å². The van der Waals surface area contributed by atoms with Crippen LogP contribution in [0.25, 0.3) is 0 Å².